The zero-order valence-corrected chi connectivity index (χ0v) is 12.4. The second-order valence-corrected chi connectivity index (χ2v) is 6.27. The number of carbonyl (C=O) groups is 1. The lowest BCUT2D eigenvalue weighted by Gasteiger charge is -2.42. The molecule has 2 heterocycles. The number of nitrogens with zero attached hydrogens (tertiary/aromatic N) is 1. The van der Waals surface area contributed by atoms with Crippen molar-refractivity contribution >= 4 is 28.9 Å². The maximum absolute atomic E-state index is 11.4. The number of anilines is 2. The molecular formula is C15H20ClN3O. The first-order valence-electron chi connectivity index (χ1n) is 7.14. The molecule has 1 aromatic carbocycles. The Kier molecular flexibility index (Phi) is 3.50. The van der Waals surface area contributed by atoms with Crippen LogP contribution in [0, 0.1) is 12.8 Å². The van der Waals surface area contributed by atoms with Crippen molar-refractivity contribution in [1.29, 1.82) is 0 Å². The van der Waals surface area contributed by atoms with E-state index in [-0.39, 0.29) is 5.91 Å². The summed E-state index contributed by atoms with van der Waals surface area (Å²) < 4.78 is 0. The number of carbonyl (C=O) groups excluding carboxylic acids is 1. The first-order valence-corrected chi connectivity index (χ1v) is 7.52. The molecule has 3 N–H and O–H groups in total. The fraction of sp³-hybridized carbons (Fsp3) is 0.533. The molecule has 2 atom stereocenters. The largest absolute Gasteiger partial charge is 0.398 e. The molecule has 108 valence electrons. The summed E-state index contributed by atoms with van der Waals surface area (Å²) in [6.45, 7) is 3.99. The predicted molar refractivity (Wildman–Crippen MR) is 82.1 cm³/mol. The standard InChI is InChI=1S/C15H20ClN3O/c1-9-6-12(17)11(16)7-14(9)19-5-4-13-10(8-19)2-3-15(20)18-13/h6-7,10,13H,2-5,8,17H2,1H3,(H,18,20). The molecule has 1 amide bonds. The van der Waals surface area contributed by atoms with Gasteiger partial charge in [0.1, 0.15) is 0 Å². The van der Waals surface area contributed by atoms with Gasteiger partial charge >= 0.3 is 0 Å². The Morgan fingerprint density at radius 2 is 2.20 bits per heavy atom. The van der Waals surface area contributed by atoms with E-state index in [1.165, 1.54) is 5.69 Å². The van der Waals surface area contributed by atoms with E-state index in [1.54, 1.807) is 0 Å². The SMILES string of the molecule is Cc1cc(N)c(Cl)cc1N1CCC2NC(=O)CCC2C1. The van der Waals surface area contributed by atoms with E-state index in [0.29, 0.717) is 29.1 Å². The van der Waals surface area contributed by atoms with Gasteiger partial charge in [-0.2, -0.15) is 0 Å². The lowest BCUT2D eigenvalue weighted by atomic mass is 9.85. The summed E-state index contributed by atoms with van der Waals surface area (Å²) >= 11 is 6.15. The Balaban J connectivity index is 1.80. The number of aryl methyl sites for hydroxylation is 1. The summed E-state index contributed by atoms with van der Waals surface area (Å²) in [6, 6.07) is 4.25. The third kappa shape index (κ3) is 2.44. The Morgan fingerprint density at radius 3 is 3.00 bits per heavy atom. The van der Waals surface area contributed by atoms with E-state index in [9.17, 15) is 4.79 Å². The lowest BCUT2D eigenvalue weighted by molar-refractivity contribution is -0.124. The molecule has 2 unspecified atom stereocenters. The van der Waals surface area contributed by atoms with Crippen molar-refractivity contribution in [2.75, 3.05) is 23.7 Å². The van der Waals surface area contributed by atoms with Gasteiger partial charge in [-0.25, -0.2) is 0 Å². The normalized spacial score (nSPS) is 26.1. The molecule has 2 aliphatic heterocycles. The van der Waals surface area contributed by atoms with E-state index < -0.39 is 0 Å². The van der Waals surface area contributed by atoms with Gasteiger partial charge in [0.2, 0.25) is 5.91 Å². The summed E-state index contributed by atoms with van der Waals surface area (Å²) in [5.74, 6) is 0.739. The van der Waals surface area contributed by atoms with Crippen molar-refractivity contribution in [3.63, 3.8) is 0 Å². The minimum Gasteiger partial charge on any atom is -0.398 e. The number of amides is 1. The average Bonchev–Trinajstić information content (AvgIpc) is 2.42. The van der Waals surface area contributed by atoms with Crippen molar-refractivity contribution in [2.45, 2.75) is 32.2 Å². The van der Waals surface area contributed by atoms with Crippen molar-refractivity contribution in [3.05, 3.63) is 22.7 Å². The first kappa shape index (κ1) is 13.6. The number of hydrogen-bond acceptors (Lipinski definition) is 3. The highest BCUT2D eigenvalue weighted by Crippen LogP contribution is 2.33. The number of fused-ring (bicyclic) bond motifs is 1. The number of hydrogen-bond donors (Lipinski definition) is 2. The summed E-state index contributed by atoms with van der Waals surface area (Å²) in [5, 5.41) is 3.73. The second-order valence-electron chi connectivity index (χ2n) is 5.87. The van der Waals surface area contributed by atoms with Crippen LogP contribution in [0.5, 0.6) is 0 Å². The first-order chi connectivity index (χ1) is 9.54. The minimum absolute atomic E-state index is 0.200. The summed E-state index contributed by atoms with van der Waals surface area (Å²) in [6.07, 6.45) is 2.63. The number of rotatable bonds is 1. The summed E-state index contributed by atoms with van der Waals surface area (Å²) in [7, 11) is 0. The number of nitrogen functional groups attached to an aromatic ring is 1. The zero-order chi connectivity index (χ0) is 14.3. The molecule has 0 aliphatic carbocycles. The maximum Gasteiger partial charge on any atom is 0.220 e. The monoisotopic (exact) mass is 293 g/mol. The molecule has 1 aromatic rings. The lowest BCUT2D eigenvalue weighted by Crippen LogP contribution is -2.54. The molecule has 3 rings (SSSR count). The van der Waals surface area contributed by atoms with Crippen LogP contribution >= 0.6 is 11.6 Å². The van der Waals surface area contributed by atoms with Gasteiger partial charge in [-0.15, -0.1) is 0 Å². The van der Waals surface area contributed by atoms with Gasteiger partial charge in [-0.1, -0.05) is 11.6 Å². The van der Waals surface area contributed by atoms with Crippen LogP contribution < -0.4 is 16.0 Å². The molecule has 2 fully saturated rings. The fourth-order valence-electron chi connectivity index (χ4n) is 3.36. The number of piperidine rings is 2. The van der Waals surface area contributed by atoms with Gasteiger partial charge in [-0.3, -0.25) is 4.79 Å². The van der Waals surface area contributed by atoms with Crippen LogP contribution in [0.25, 0.3) is 0 Å². The molecule has 2 aliphatic rings. The van der Waals surface area contributed by atoms with Crippen molar-refractivity contribution in [3.8, 4) is 0 Å². The Morgan fingerprint density at radius 1 is 1.40 bits per heavy atom. The van der Waals surface area contributed by atoms with Crippen molar-refractivity contribution in [1.82, 2.24) is 5.32 Å². The minimum atomic E-state index is 0.200. The van der Waals surface area contributed by atoms with Gasteiger partial charge in [0.05, 0.1) is 10.7 Å². The number of nitrogens with one attached hydrogen (secondary N) is 1. The Labute approximate surface area is 124 Å². The topological polar surface area (TPSA) is 58.4 Å². The molecular weight excluding hydrogens is 274 g/mol. The van der Waals surface area contributed by atoms with Gasteiger partial charge < -0.3 is 16.0 Å². The molecule has 20 heavy (non-hydrogen) atoms. The molecule has 0 aromatic heterocycles. The van der Waals surface area contributed by atoms with Crippen LogP contribution in [-0.2, 0) is 4.79 Å². The predicted octanol–water partition coefficient (Wildman–Crippen LogP) is 2.34. The zero-order valence-electron chi connectivity index (χ0n) is 11.7. The summed E-state index contributed by atoms with van der Waals surface area (Å²) in [4.78, 5) is 13.8. The van der Waals surface area contributed by atoms with Crippen LogP contribution in [0.3, 0.4) is 0 Å². The van der Waals surface area contributed by atoms with Crippen molar-refractivity contribution in [2.24, 2.45) is 5.92 Å². The van der Waals surface area contributed by atoms with E-state index in [1.807, 2.05) is 12.1 Å². The molecule has 0 bridgehead atoms. The van der Waals surface area contributed by atoms with Crippen molar-refractivity contribution < 1.29 is 4.79 Å². The van der Waals surface area contributed by atoms with Crippen LogP contribution in [0.15, 0.2) is 12.1 Å². The molecule has 4 nitrogen and oxygen atoms in total. The van der Waals surface area contributed by atoms with Crippen LogP contribution in [0.1, 0.15) is 24.8 Å². The molecule has 2 saturated heterocycles. The van der Waals surface area contributed by atoms with Crippen LogP contribution in [0.2, 0.25) is 5.02 Å². The van der Waals surface area contributed by atoms with E-state index in [4.69, 9.17) is 17.3 Å². The highest BCUT2D eigenvalue weighted by Gasteiger charge is 2.34. The van der Waals surface area contributed by atoms with Gasteiger partial charge in [0.15, 0.2) is 0 Å². The highest BCUT2D eigenvalue weighted by molar-refractivity contribution is 6.33. The van der Waals surface area contributed by atoms with E-state index in [2.05, 4.69) is 17.1 Å². The molecule has 0 radical (unpaired) electrons. The summed E-state index contributed by atoms with van der Waals surface area (Å²) in [5.41, 5.74) is 8.80. The number of nitrogens with two attached hydrogens (primary N) is 1. The van der Waals surface area contributed by atoms with Gasteiger partial charge in [0.25, 0.3) is 0 Å². The van der Waals surface area contributed by atoms with Gasteiger partial charge in [0, 0.05) is 31.2 Å². The Hall–Kier alpha value is -1.42. The molecule has 5 heteroatoms. The Bertz CT molecular complexity index is 546. The fourth-order valence-corrected chi connectivity index (χ4v) is 3.52. The van der Waals surface area contributed by atoms with Crippen LogP contribution in [-0.4, -0.2) is 25.0 Å². The number of benzene rings is 1. The smallest absolute Gasteiger partial charge is 0.220 e. The van der Waals surface area contributed by atoms with Crippen LogP contribution in [0.4, 0.5) is 11.4 Å². The highest BCUT2D eigenvalue weighted by atomic mass is 35.5. The number of halogens is 1. The quantitative estimate of drug-likeness (QED) is 0.781. The third-order valence-corrected chi connectivity index (χ3v) is 4.81. The second kappa shape index (κ2) is 5.17. The molecule has 0 saturated carbocycles. The average molecular weight is 294 g/mol. The maximum atomic E-state index is 11.4. The third-order valence-electron chi connectivity index (χ3n) is 4.48. The van der Waals surface area contributed by atoms with E-state index in [0.717, 1.165) is 31.5 Å². The van der Waals surface area contributed by atoms with Gasteiger partial charge in [-0.05, 0) is 43.4 Å². The molecule has 0 spiro atoms. The van der Waals surface area contributed by atoms with E-state index >= 15 is 0 Å².